The minimum atomic E-state index is -0.631. The molecule has 1 atom stereocenters. The third-order valence-electron chi connectivity index (χ3n) is 3.34. The number of nitrogens with zero attached hydrogens (tertiary/aromatic N) is 1. The van der Waals surface area contributed by atoms with Gasteiger partial charge in [0.15, 0.2) is 11.5 Å². The van der Waals surface area contributed by atoms with E-state index < -0.39 is 6.10 Å². The molecule has 4 nitrogen and oxygen atoms in total. The molecule has 0 bridgehead atoms. The molecule has 1 aliphatic heterocycles. The number of aliphatic hydroxyl groups excluding tert-OH is 1. The molecule has 21 heavy (non-hydrogen) atoms. The van der Waals surface area contributed by atoms with Crippen LogP contribution in [-0.4, -0.2) is 23.3 Å². The fourth-order valence-electron chi connectivity index (χ4n) is 2.28. The highest BCUT2D eigenvalue weighted by Gasteiger charge is 2.18. The number of hydrogen-bond donors (Lipinski definition) is 1. The summed E-state index contributed by atoms with van der Waals surface area (Å²) in [5, 5.41) is 10.4. The van der Waals surface area contributed by atoms with Crippen LogP contribution in [0.2, 0.25) is 0 Å². The average Bonchev–Trinajstić information content (AvgIpc) is 2.74. The molecule has 0 saturated carbocycles. The molecule has 0 amide bonds. The second-order valence-corrected chi connectivity index (χ2v) is 5.78. The number of fused-ring (bicyclic) bond motifs is 1. The molecular weight excluding hydrogens is 334 g/mol. The van der Waals surface area contributed by atoms with Crippen LogP contribution in [0.5, 0.6) is 11.5 Å². The zero-order chi connectivity index (χ0) is 14.7. The molecule has 1 unspecified atom stereocenters. The van der Waals surface area contributed by atoms with Gasteiger partial charge in [0.25, 0.3) is 0 Å². The van der Waals surface area contributed by atoms with Crippen LogP contribution in [0.4, 0.5) is 0 Å². The third kappa shape index (κ3) is 3.36. The van der Waals surface area contributed by atoms with Crippen molar-refractivity contribution in [3.05, 3.63) is 52.3 Å². The first kappa shape index (κ1) is 14.4. The first-order valence-electron chi connectivity index (χ1n) is 6.91. The lowest BCUT2D eigenvalue weighted by Gasteiger charge is -2.15. The summed E-state index contributed by atoms with van der Waals surface area (Å²) >= 11 is 3.49. The van der Waals surface area contributed by atoms with E-state index in [9.17, 15) is 5.11 Å². The largest absolute Gasteiger partial charge is 0.490 e. The number of hydrogen-bond acceptors (Lipinski definition) is 4. The van der Waals surface area contributed by atoms with E-state index >= 15 is 0 Å². The van der Waals surface area contributed by atoms with Gasteiger partial charge in [-0.05, 0) is 45.8 Å². The van der Waals surface area contributed by atoms with Gasteiger partial charge in [0, 0.05) is 24.7 Å². The van der Waals surface area contributed by atoms with Gasteiger partial charge in [0.1, 0.15) is 0 Å². The Kier molecular flexibility index (Phi) is 4.41. The van der Waals surface area contributed by atoms with E-state index in [4.69, 9.17) is 9.47 Å². The second kappa shape index (κ2) is 6.45. The molecule has 1 aliphatic rings. The first-order valence-corrected chi connectivity index (χ1v) is 7.70. The number of benzene rings is 1. The van der Waals surface area contributed by atoms with Gasteiger partial charge in [-0.25, -0.2) is 0 Å². The van der Waals surface area contributed by atoms with Crippen molar-refractivity contribution in [3.63, 3.8) is 0 Å². The lowest BCUT2D eigenvalue weighted by Crippen LogP contribution is -2.04. The summed E-state index contributed by atoms with van der Waals surface area (Å²) in [6, 6.07) is 9.40. The highest BCUT2D eigenvalue weighted by Crippen LogP contribution is 2.39. The molecule has 110 valence electrons. The third-order valence-corrected chi connectivity index (χ3v) is 3.93. The minimum absolute atomic E-state index is 0.465. The molecule has 3 rings (SSSR count). The quantitative estimate of drug-likeness (QED) is 0.923. The molecule has 2 aromatic rings. The van der Waals surface area contributed by atoms with Gasteiger partial charge in [-0.1, -0.05) is 6.07 Å². The van der Waals surface area contributed by atoms with Crippen molar-refractivity contribution < 1.29 is 14.6 Å². The molecule has 0 saturated heterocycles. The fourth-order valence-corrected chi connectivity index (χ4v) is 2.85. The normalized spacial score (nSPS) is 15.3. The van der Waals surface area contributed by atoms with Gasteiger partial charge >= 0.3 is 0 Å². The maximum atomic E-state index is 10.4. The van der Waals surface area contributed by atoms with E-state index in [2.05, 4.69) is 20.9 Å². The number of halogens is 1. The first-order chi connectivity index (χ1) is 10.2. The smallest absolute Gasteiger partial charge is 0.175 e. The van der Waals surface area contributed by atoms with Crippen molar-refractivity contribution in [2.24, 2.45) is 0 Å². The monoisotopic (exact) mass is 349 g/mol. The topological polar surface area (TPSA) is 51.6 Å². The molecule has 1 aromatic carbocycles. The average molecular weight is 350 g/mol. The van der Waals surface area contributed by atoms with Gasteiger partial charge in [-0.2, -0.15) is 0 Å². The zero-order valence-electron chi connectivity index (χ0n) is 11.5. The van der Waals surface area contributed by atoms with E-state index in [1.807, 2.05) is 30.3 Å². The summed E-state index contributed by atoms with van der Waals surface area (Å²) in [5.41, 5.74) is 1.64. The van der Waals surface area contributed by atoms with Crippen LogP contribution in [-0.2, 0) is 6.42 Å². The summed E-state index contributed by atoms with van der Waals surface area (Å²) < 4.78 is 12.2. The highest BCUT2D eigenvalue weighted by molar-refractivity contribution is 9.10. The van der Waals surface area contributed by atoms with E-state index in [1.54, 1.807) is 6.20 Å². The molecule has 0 spiro atoms. The standard InChI is InChI=1S/C16H16BrNO3/c17-13-8-11(9-15-16(13)21-7-3-6-20-15)14(19)10-12-4-1-2-5-18-12/h1-2,4-5,8-9,14,19H,3,6-7,10H2. The van der Waals surface area contributed by atoms with Gasteiger partial charge in [-0.15, -0.1) is 0 Å². The number of aromatic nitrogens is 1. The molecule has 2 heterocycles. The van der Waals surface area contributed by atoms with Gasteiger partial charge < -0.3 is 14.6 Å². The Morgan fingerprint density at radius 1 is 1.24 bits per heavy atom. The summed E-state index contributed by atoms with van der Waals surface area (Å²) in [6.07, 6.45) is 2.42. The Bertz CT molecular complexity index is 618. The molecular formula is C16H16BrNO3. The highest BCUT2D eigenvalue weighted by atomic mass is 79.9. The summed E-state index contributed by atoms with van der Waals surface area (Å²) in [6.45, 7) is 1.26. The van der Waals surface area contributed by atoms with Crippen LogP contribution >= 0.6 is 15.9 Å². The van der Waals surface area contributed by atoms with E-state index in [1.165, 1.54) is 0 Å². The molecule has 1 N–H and O–H groups in total. The Labute approximate surface area is 131 Å². The molecule has 0 aliphatic carbocycles. The van der Waals surface area contributed by atoms with Crippen LogP contribution in [0.3, 0.4) is 0 Å². The Morgan fingerprint density at radius 2 is 2.10 bits per heavy atom. The fraction of sp³-hybridized carbons (Fsp3) is 0.312. The van der Waals surface area contributed by atoms with E-state index in [0.29, 0.717) is 31.1 Å². The van der Waals surface area contributed by atoms with Crippen LogP contribution in [0.15, 0.2) is 41.0 Å². The Morgan fingerprint density at radius 3 is 2.90 bits per heavy atom. The lowest BCUT2D eigenvalue weighted by molar-refractivity contribution is 0.176. The van der Waals surface area contributed by atoms with Crippen LogP contribution in [0.25, 0.3) is 0 Å². The summed E-state index contributed by atoms with van der Waals surface area (Å²) in [7, 11) is 0. The van der Waals surface area contributed by atoms with Crippen molar-refractivity contribution in [1.82, 2.24) is 4.98 Å². The number of pyridine rings is 1. The number of aliphatic hydroxyl groups is 1. The SMILES string of the molecule is OC(Cc1ccccn1)c1cc(Br)c2c(c1)OCCCO2. The van der Waals surface area contributed by atoms with Crippen molar-refractivity contribution in [2.75, 3.05) is 13.2 Å². The van der Waals surface area contributed by atoms with Gasteiger partial charge in [0.05, 0.1) is 23.8 Å². The Hall–Kier alpha value is -1.59. The van der Waals surface area contributed by atoms with E-state index in [-0.39, 0.29) is 0 Å². The summed E-state index contributed by atoms with van der Waals surface area (Å²) in [5.74, 6) is 1.39. The van der Waals surface area contributed by atoms with Crippen molar-refractivity contribution in [3.8, 4) is 11.5 Å². The van der Waals surface area contributed by atoms with Crippen molar-refractivity contribution >= 4 is 15.9 Å². The summed E-state index contributed by atoms with van der Waals surface area (Å²) in [4.78, 5) is 4.24. The maximum Gasteiger partial charge on any atom is 0.175 e. The molecule has 5 heteroatoms. The van der Waals surface area contributed by atoms with Crippen molar-refractivity contribution in [1.29, 1.82) is 0 Å². The zero-order valence-corrected chi connectivity index (χ0v) is 13.0. The minimum Gasteiger partial charge on any atom is -0.490 e. The van der Waals surface area contributed by atoms with Crippen LogP contribution in [0, 0.1) is 0 Å². The van der Waals surface area contributed by atoms with Crippen molar-refractivity contribution in [2.45, 2.75) is 18.9 Å². The second-order valence-electron chi connectivity index (χ2n) is 4.92. The lowest BCUT2D eigenvalue weighted by atomic mass is 10.0. The predicted octanol–water partition coefficient (Wildman–Crippen LogP) is 3.28. The molecule has 0 fully saturated rings. The van der Waals surface area contributed by atoms with E-state index in [0.717, 1.165) is 22.2 Å². The van der Waals surface area contributed by atoms with Gasteiger partial charge in [0.2, 0.25) is 0 Å². The number of rotatable bonds is 3. The van der Waals surface area contributed by atoms with Crippen LogP contribution in [0.1, 0.15) is 23.8 Å². The number of ether oxygens (including phenoxy) is 2. The molecule has 1 aromatic heterocycles. The predicted molar refractivity (Wildman–Crippen MR) is 82.6 cm³/mol. The maximum absolute atomic E-state index is 10.4. The van der Waals surface area contributed by atoms with Crippen LogP contribution < -0.4 is 9.47 Å². The Balaban J connectivity index is 1.85. The van der Waals surface area contributed by atoms with Gasteiger partial charge in [-0.3, -0.25) is 4.98 Å². The molecule has 0 radical (unpaired) electrons.